The predicted molar refractivity (Wildman–Crippen MR) is 97.0 cm³/mol. The van der Waals surface area contributed by atoms with Crippen LogP contribution < -0.4 is 11.1 Å². The number of H-pyrrole nitrogens is 1. The quantitative estimate of drug-likeness (QED) is 0.632. The van der Waals surface area contributed by atoms with E-state index in [0.29, 0.717) is 18.7 Å². The fraction of sp³-hybridized carbons (Fsp3) is 0.263. The zero-order chi connectivity index (χ0) is 17.1. The minimum atomic E-state index is -0.0708. The molecule has 2 aromatic carbocycles. The van der Waals surface area contributed by atoms with Crippen molar-refractivity contribution in [3.05, 3.63) is 53.1 Å². The Morgan fingerprint density at radius 2 is 2.04 bits per heavy atom. The van der Waals surface area contributed by atoms with Crippen LogP contribution >= 0.6 is 0 Å². The van der Waals surface area contributed by atoms with Crippen LogP contribution in [0.3, 0.4) is 0 Å². The maximum Gasteiger partial charge on any atom is 0.251 e. The fourth-order valence-electron chi connectivity index (χ4n) is 2.78. The molecule has 124 valence electrons. The van der Waals surface area contributed by atoms with E-state index in [2.05, 4.69) is 23.3 Å². The van der Waals surface area contributed by atoms with E-state index in [4.69, 9.17) is 10.7 Å². The van der Waals surface area contributed by atoms with Crippen LogP contribution in [0.4, 0.5) is 0 Å². The minimum absolute atomic E-state index is 0.0708. The largest absolute Gasteiger partial charge is 0.352 e. The third-order valence-corrected chi connectivity index (χ3v) is 4.12. The lowest BCUT2D eigenvalue weighted by molar-refractivity contribution is 0.0953. The number of benzene rings is 2. The Bertz CT molecular complexity index is 882. The summed E-state index contributed by atoms with van der Waals surface area (Å²) in [5.41, 5.74) is 11.3. The number of nitrogens with one attached hydrogen (secondary N) is 2. The maximum atomic E-state index is 12.1. The van der Waals surface area contributed by atoms with E-state index < -0.39 is 0 Å². The Morgan fingerprint density at radius 3 is 2.75 bits per heavy atom. The highest BCUT2D eigenvalue weighted by Gasteiger charge is 2.12. The molecule has 1 heterocycles. The Kier molecular flexibility index (Phi) is 4.62. The lowest BCUT2D eigenvalue weighted by Crippen LogP contribution is -2.26. The fourth-order valence-corrected chi connectivity index (χ4v) is 2.78. The summed E-state index contributed by atoms with van der Waals surface area (Å²) in [4.78, 5) is 20.2. The number of hydrogen-bond donors (Lipinski definition) is 3. The first-order chi connectivity index (χ1) is 11.6. The second-order valence-corrected chi connectivity index (χ2v) is 5.98. The molecule has 1 amide bonds. The summed E-state index contributed by atoms with van der Waals surface area (Å²) < 4.78 is 0. The molecule has 24 heavy (non-hydrogen) atoms. The second kappa shape index (κ2) is 6.84. The molecule has 0 aliphatic heterocycles. The monoisotopic (exact) mass is 322 g/mol. The number of nitrogens with zero attached hydrogens (tertiary/aromatic N) is 1. The van der Waals surface area contributed by atoms with Crippen LogP contribution in [-0.2, 0) is 0 Å². The van der Waals surface area contributed by atoms with Crippen molar-refractivity contribution in [2.24, 2.45) is 5.73 Å². The first-order valence-electron chi connectivity index (χ1n) is 8.15. The number of carbonyl (C=O) groups excluding carboxylic acids is 1. The number of hydrogen-bond acceptors (Lipinski definition) is 3. The van der Waals surface area contributed by atoms with Crippen molar-refractivity contribution < 1.29 is 4.79 Å². The second-order valence-electron chi connectivity index (χ2n) is 5.98. The van der Waals surface area contributed by atoms with E-state index in [0.717, 1.165) is 40.0 Å². The number of aryl methyl sites for hydroxylation is 2. The van der Waals surface area contributed by atoms with Crippen molar-refractivity contribution >= 4 is 16.9 Å². The van der Waals surface area contributed by atoms with Gasteiger partial charge in [-0.05, 0) is 56.1 Å². The number of aromatic amines is 1. The third-order valence-electron chi connectivity index (χ3n) is 4.12. The number of imidazole rings is 1. The van der Waals surface area contributed by atoms with Crippen molar-refractivity contribution in [2.45, 2.75) is 20.3 Å². The molecule has 0 bridgehead atoms. The van der Waals surface area contributed by atoms with Crippen LogP contribution in [-0.4, -0.2) is 29.0 Å². The smallest absolute Gasteiger partial charge is 0.251 e. The number of para-hydroxylation sites is 1. The maximum absolute atomic E-state index is 12.1. The van der Waals surface area contributed by atoms with Crippen LogP contribution in [0, 0.1) is 13.8 Å². The molecule has 0 fully saturated rings. The van der Waals surface area contributed by atoms with Gasteiger partial charge in [-0.25, -0.2) is 4.98 Å². The van der Waals surface area contributed by atoms with Gasteiger partial charge in [0.1, 0.15) is 5.82 Å². The normalized spacial score (nSPS) is 11.0. The Balaban J connectivity index is 1.89. The zero-order valence-corrected chi connectivity index (χ0v) is 14.0. The van der Waals surface area contributed by atoms with Crippen molar-refractivity contribution in [3.8, 4) is 11.4 Å². The van der Waals surface area contributed by atoms with Gasteiger partial charge in [0.05, 0.1) is 11.0 Å². The molecule has 5 heteroatoms. The molecule has 0 saturated heterocycles. The summed E-state index contributed by atoms with van der Waals surface area (Å²) in [5.74, 6) is 0.755. The van der Waals surface area contributed by atoms with Crippen LogP contribution in [0.5, 0.6) is 0 Å². The molecular formula is C19H22N4O. The highest BCUT2D eigenvalue weighted by molar-refractivity contribution is 5.95. The summed E-state index contributed by atoms with van der Waals surface area (Å²) in [6.45, 7) is 5.21. The zero-order valence-electron chi connectivity index (χ0n) is 14.0. The number of rotatable bonds is 5. The van der Waals surface area contributed by atoms with E-state index in [1.54, 1.807) is 0 Å². The Morgan fingerprint density at radius 1 is 1.21 bits per heavy atom. The summed E-state index contributed by atoms with van der Waals surface area (Å²) in [6.07, 6.45) is 0.779. The first kappa shape index (κ1) is 16.2. The molecule has 4 N–H and O–H groups in total. The van der Waals surface area contributed by atoms with Gasteiger partial charge in [-0.2, -0.15) is 0 Å². The van der Waals surface area contributed by atoms with Crippen molar-refractivity contribution in [2.75, 3.05) is 13.1 Å². The molecular weight excluding hydrogens is 300 g/mol. The average Bonchev–Trinajstić information content (AvgIpc) is 3.00. The van der Waals surface area contributed by atoms with Crippen molar-refractivity contribution in [3.63, 3.8) is 0 Å². The molecule has 5 nitrogen and oxygen atoms in total. The lowest BCUT2D eigenvalue weighted by atomic mass is 10.0. The summed E-state index contributed by atoms with van der Waals surface area (Å²) >= 11 is 0. The van der Waals surface area contributed by atoms with Gasteiger partial charge in [-0.15, -0.1) is 0 Å². The Labute approximate surface area is 141 Å². The average molecular weight is 322 g/mol. The number of carbonyl (C=O) groups is 1. The van der Waals surface area contributed by atoms with Crippen molar-refractivity contribution in [1.82, 2.24) is 15.3 Å². The van der Waals surface area contributed by atoms with Gasteiger partial charge in [-0.1, -0.05) is 18.2 Å². The molecule has 0 radical (unpaired) electrons. The number of fused-ring (bicyclic) bond motifs is 1. The highest BCUT2D eigenvalue weighted by atomic mass is 16.1. The van der Waals surface area contributed by atoms with Crippen molar-refractivity contribution in [1.29, 1.82) is 0 Å². The summed E-state index contributed by atoms with van der Waals surface area (Å²) in [5, 5.41) is 2.87. The van der Waals surface area contributed by atoms with E-state index in [-0.39, 0.29) is 5.91 Å². The molecule has 0 aliphatic rings. The van der Waals surface area contributed by atoms with E-state index in [9.17, 15) is 4.79 Å². The molecule has 3 rings (SSSR count). The third kappa shape index (κ3) is 3.16. The van der Waals surface area contributed by atoms with Gasteiger partial charge >= 0.3 is 0 Å². The molecule has 0 unspecified atom stereocenters. The van der Waals surface area contributed by atoms with Crippen LogP contribution in [0.25, 0.3) is 22.4 Å². The van der Waals surface area contributed by atoms with Gasteiger partial charge in [0, 0.05) is 17.7 Å². The standard InChI is InChI=1S/C19H22N4O/c1-12-5-3-6-16-17(12)23-18(22-16)15-8-7-14(11-13(15)2)19(24)21-10-4-9-20/h3,5-8,11H,4,9-10,20H2,1-2H3,(H,21,24)(H,22,23). The minimum Gasteiger partial charge on any atom is -0.352 e. The predicted octanol–water partition coefficient (Wildman–Crippen LogP) is 2.93. The van der Waals surface area contributed by atoms with Crippen LogP contribution in [0.1, 0.15) is 27.9 Å². The lowest BCUT2D eigenvalue weighted by Gasteiger charge is -2.07. The van der Waals surface area contributed by atoms with Gasteiger partial charge in [0.25, 0.3) is 5.91 Å². The molecule has 0 saturated carbocycles. The van der Waals surface area contributed by atoms with Gasteiger partial charge in [0.15, 0.2) is 0 Å². The van der Waals surface area contributed by atoms with Crippen LogP contribution in [0.2, 0.25) is 0 Å². The SMILES string of the molecule is Cc1cc(C(=O)NCCCN)ccc1-c1nc2c(C)cccc2[nH]1. The summed E-state index contributed by atoms with van der Waals surface area (Å²) in [6, 6.07) is 11.8. The highest BCUT2D eigenvalue weighted by Crippen LogP contribution is 2.25. The molecule has 0 atom stereocenters. The number of nitrogens with two attached hydrogens (primary N) is 1. The van der Waals surface area contributed by atoms with Gasteiger partial charge < -0.3 is 16.0 Å². The topological polar surface area (TPSA) is 83.8 Å². The number of aromatic nitrogens is 2. The molecule has 0 aliphatic carbocycles. The van der Waals surface area contributed by atoms with E-state index >= 15 is 0 Å². The molecule has 0 spiro atoms. The first-order valence-corrected chi connectivity index (χ1v) is 8.15. The van der Waals surface area contributed by atoms with E-state index in [1.807, 2.05) is 37.3 Å². The summed E-state index contributed by atoms with van der Waals surface area (Å²) in [7, 11) is 0. The molecule has 1 aromatic heterocycles. The molecule has 3 aromatic rings. The Hall–Kier alpha value is -2.66. The van der Waals surface area contributed by atoms with Gasteiger partial charge in [-0.3, -0.25) is 4.79 Å². The van der Waals surface area contributed by atoms with Crippen LogP contribution in [0.15, 0.2) is 36.4 Å². The number of amides is 1. The van der Waals surface area contributed by atoms with E-state index in [1.165, 1.54) is 0 Å². The van der Waals surface area contributed by atoms with Gasteiger partial charge in [0.2, 0.25) is 0 Å².